The van der Waals surface area contributed by atoms with Crippen molar-refractivity contribution in [3.05, 3.63) is 12.3 Å². The van der Waals surface area contributed by atoms with Gasteiger partial charge in [-0.3, -0.25) is 0 Å². The lowest BCUT2D eigenvalue weighted by Crippen LogP contribution is -1.85. The number of aromatic hydroxyl groups is 1. The monoisotopic (exact) mass is 126 g/mol. The van der Waals surface area contributed by atoms with Crippen molar-refractivity contribution in [3.63, 3.8) is 0 Å². The molecule has 0 unspecified atom stereocenters. The van der Waals surface area contributed by atoms with Crippen LogP contribution >= 0.6 is 0 Å². The maximum absolute atomic E-state index is 8.69. The molecule has 0 aliphatic carbocycles. The van der Waals surface area contributed by atoms with Crippen molar-refractivity contribution in [1.29, 1.82) is 0 Å². The fourth-order valence-corrected chi connectivity index (χ4v) is 0.450. The lowest BCUT2D eigenvalue weighted by Gasteiger charge is -1.95. The molecule has 0 saturated carbocycles. The molecule has 0 radical (unpaired) electrons. The largest absolute Gasteiger partial charge is 0.495 e. The average molecular weight is 126 g/mol. The molecule has 4 nitrogen and oxygen atoms in total. The summed E-state index contributed by atoms with van der Waals surface area (Å²) in [6, 6.07) is 1.38. The van der Waals surface area contributed by atoms with Gasteiger partial charge in [-0.05, 0) is 0 Å². The molecule has 0 aliphatic heterocycles. The predicted octanol–water partition coefficient (Wildman–Crippen LogP) is 0.191. The van der Waals surface area contributed by atoms with E-state index in [1.807, 2.05) is 0 Å². The molecule has 0 spiro atoms. The summed E-state index contributed by atoms with van der Waals surface area (Å²) in [6.07, 6.45) is 1.42. The Bertz CT molecular complexity index is 202. The molecule has 1 aromatic rings. The highest BCUT2D eigenvalue weighted by Crippen LogP contribution is 2.11. The molecule has 0 amide bonds. The van der Waals surface area contributed by atoms with Crippen LogP contribution in [0, 0.1) is 0 Å². The van der Waals surface area contributed by atoms with Crippen LogP contribution in [0.25, 0.3) is 0 Å². The first kappa shape index (κ1) is 5.81. The summed E-state index contributed by atoms with van der Waals surface area (Å²) in [5.74, 6) is 0.372. The summed E-state index contributed by atoms with van der Waals surface area (Å²) < 4.78 is 4.73. The minimum Gasteiger partial charge on any atom is -0.495 e. The fourth-order valence-electron chi connectivity index (χ4n) is 0.450. The number of aromatic nitrogens is 2. The van der Waals surface area contributed by atoms with Gasteiger partial charge in [0.05, 0.1) is 13.3 Å². The maximum Gasteiger partial charge on any atom is 0.234 e. The topological polar surface area (TPSA) is 55.2 Å². The molecule has 48 valence electrons. The molecule has 4 heteroatoms. The second-order valence-corrected chi connectivity index (χ2v) is 1.45. The summed E-state index contributed by atoms with van der Waals surface area (Å²) in [5, 5.41) is 15.4. The van der Waals surface area contributed by atoms with Gasteiger partial charge in [-0.25, -0.2) is 0 Å². The Morgan fingerprint density at radius 2 is 2.44 bits per heavy atom. The molecule has 1 aromatic heterocycles. The SMILES string of the molecule is COc1cnnc(O)c1. The highest BCUT2D eigenvalue weighted by molar-refractivity contribution is 5.21. The third-order valence-electron chi connectivity index (χ3n) is 0.852. The highest BCUT2D eigenvalue weighted by atomic mass is 16.5. The Labute approximate surface area is 52.1 Å². The standard InChI is InChI=1S/C5H6N2O2/c1-9-4-2-5(8)7-6-3-4/h2-3H,1H3,(H,7,8). The van der Waals surface area contributed by atoms with E-state index >= 15 is 0 Å². The molecule has 1 heterocycles. The van der Waals surface area contributed by atoms with E-state index in [1.54, 1.807) is 0 Å². The van der Waals surface area contributed by atoms with E-state index in [1.165, 1.54) is 19.4 Å². The summed E-state index contributed by atoms with van der Waals surface area (Å²) in [4.78, 5) is 0. The summed E-state index contributed by atoms with van der Waals surface area (Å²) in [5.41, 5.74) is 0. The molecule has 0 saturated heterocycles. The van der Waals surface area contributed by atoms with Crippen LogP contribution in [0.3, 0.4) is 0 Å². The van der Waals surface area contributed by atoms with Gasteiger partial charge in [-0.2, -0.15) is 5.10 Å². The second kappa shape index (κ2) is 2.30. The van der Waals surface area contributed by atoms with Crippen LogP contribution in [0.1, 0.15) is 0 Å². The Morgan fingerprint density at radius 1 is 1.67 bits per heavy atom. The van der Waals surface area contributed by atoms with Crippen molar-refractivity contribution in [2.45, 2.75) is 0 Å². The molecule has 0 atom stereocenters. The number of nitrogens with zero attached hydrogens (tertiary/aromatic N) is 2. The maximum atomic E-state index is 8.69. The molecule has 0 aromatic carbocycles. The molecule has 0 aliphatic rings. The van der Waals surface area contributed by atoms with Gasteiger partial charge in [-0.15, -0.1) is 5.10 Å². The third-order valence-corrected chi connectivity index (χ3v) is 0.852. The van der Waals surface area contributed by atoms with Gasteiger partial charge in [0.15, 0.2) is 0 Å². The van der Waals surface area contributed by atoms with Crippen molar-refractivity contribution < 1.29 is 9.84 Å². The number of ether oxygens (including phenoxy) is 1. The van der Waals surface area contributed by atoms with Crippen LogP contribution in [-0.2, 0) is 0 Å². The van der Waals surface area contributed by atoms with Crippen molar-refractivity contribution in [2.75, 3.05) is 7.11 Å². The quantitative estimate of drug-likeness (QED) is 0.583. The summed E-state index contributed by atoms with van der Waals surface area (Å²) in [7, 11) is 1.50. The van der Waals surface area contributed by atoms with E-state index in [-0.39, 0.29) is 5.88 Å². The van der Waals surface area contributed by atoms with E-state index in [4.69, 9.17) is 9.84 Å². The first-order valence-electron chi connectivity index (χ1n) is 2.38. The third kappa shape index (κ3) is 1.28. The zero-order chi connectivity index (χ0) is 6.69. The molecule has 9 heavy (non-hydrogen) atoms. The van der Waals surface area contributed by atoms with Gasteiger partial charge in [0.2, 0.25) is 5.88 Å². The molecular formula is C5H6N2O2. The Kier molecular flexibility index (Phi) is 1.48. The molecular weight excluding hydrogens is 120 g/mol. The lowest BCUT2D eigenvalue weighted by atomic mass is 10.5. The number of hydrogen-bond donors (Lipinski definition) is 1. The zero-order valence-corrected chi connectivity index (χ0v) is 4.90. The van der Waals surface area contributed by atoms with Gasteiger partial charge >= 0.3 is 0 Å². The van der Waals surface area contributed by atoms with E-state index in [0.29, 0.717) is 5.75 Å². The Balaban J connectivity index is 2.94. The fraction of sp³-hybridized carbons (Fsp3) is 0.200. The van der Waals surface area contributed by atoms with Gasteiger partial charge in [0, 0.05) is 6.07 Å². The summed E-state index contributed by atoms with van der Waals surface area (Å²) in [6.45, 7) is 0. The molecule has 0 fully saturated rings. The summed E-state index contributed by atoms with van der Waals surface area (Å²) >= 11 is 0. The van der Waals surface area contributed by atoms with Crippen molar-refractivity contribution in [1.82, 2.24) is 10.2 Å². The van der Waals surface area contributed by atoms with Crippen molar-refractivity contribution in [2.24, 2.45) is 0 Å². The molecule has 1 N–H and O–H groups in total. The van der Waals surface area contributed by atoms with Gasteiger partial charge in [0.1, 0.15) is 5.75 Å². The van der Waals surface area contributed by atoms with E-state index in [2.05, 4.69) is 10.2 Å². The molecule has 1 rings (SSSR count). The van der Waals surface area contributed by atoms with Crippen LogP contribution in [-0.4, -0.2) is 22.4 Å². The van der Waals surface area contributed by atoms with Gasteiger partial charge in [-0.1, -0.05) is 0 Å². The van der Waals surface area contributed by atoms with Crippen LogP contribution < -0.4 is 4.74 Å². The van der Waals surface area contributed by atoms with E-state index in [9.17, 15) is 0 Å². The number of methoxy groups -OCH3 is 1. The number of rotatable bonds is 1. The van der Waals surface area contributed by atoms with Crippen LogP contribution in [0.2, 0.25) is 0 Å². The van der Waals surface area contributed by atoms with Crippen LogP contribution in [0.5, 0.6) is 11.6 Å². The van der Waals surface area contributed by atoms with Crippen LogP contribution in [0.4, 0.5) is 0 Å². The lowest BCUT2D eigenvalue weighted by molar-refractivity contribution is 0.396. The minimum absolute atomic E-state index is 0.130. The Morgan fingerprint density at radius 3 is 2.89 bits per heavy atom. The number of hydrogen-bond acceptors (Lipinski definition) is 4. The highest BCUT2D eigenvalue weighted by Gasteiger charge is 1.91. The van der Waals surface area contributed by atoms with Gasteiger partial charge in [0.25, 0.3) is 0 Å². The van der Waals surface area contributed by atoms with Gasteiger partial charge < -0.3 is 9.84 Å². The van der Waals surface area contributed by atoms with Crippen LogP contribution in [0.15, 0.2) is 12.3 Å². The van der Waals surface area contributed by atoms with Crippen molar-refractivity contribution in [3.8, 4) is 11.6 Å². The normalized spacial score (nSPS) is 9.00. The Hall–Kier alpha value is -1.32. The first-order chi connectivity index (χ1) is 4.33. The second-order valence-electron chi connectivity index (χ2n) is 1.45. The molecule has 0 bridgehead atoms. The first-order valence-corrected chi connectivity index (χ1v) is 2.38. The average Bonchev–Trinajstić information content (AvgIpc) is 1.88. The minimum atomic E-state index is -0.130. The van der Waals surface area contributed by atoms with Crippen molar-refractivity contribution >= 4 is 0 Å². The van der Waals surface area contributed by atoms with E-state index in [0.717, 1.165) is 0 Å². The smallest absolute Gasteiger partial charge is 0.234 e. The van der Waals surface area contributed by atoms with E-state index < -0.39 is 0 Å². The zero-order valence-electron chi connectivity index (χ0n) is 4.90. The predicted molar refractivity (Wildman–Crippen MR) is 30.2 cm³/mol.